The lowest BCUT2D eigenvalue weighted by Crippen LogP contribution is -2.16. The summed E-state index contributed by atoms with van der Waals surface area (Å²) >= 11 is 2.91. The van der Waals surface area contributed by atoms with Crippen molar-refractivity contribution < 1.29 is 18.0 Å². The van der Waals surface area contributed by atoms with Gasteiger partial charge >= 0.3 is 6.18 Å². The maximum absolute atomic E-state index is 12.9. The van der Waals surface area contributed by atoms with Crippen molar-refractivity contribution in [2.24, 2.45) is 0 Å². The third-order valence-electron chi connectivity index (χ3n) is 4.22. The normalized spacial score (nSPS) is 11.8. The lowest BCUT2D eigenvalue weighted by molar-refractivity contribution is -0.142. The molecule has 0 unspecified atom stereocenters. The smallest absolute Gasteiger partial charge is 0.323 e. The Morgan fingerprint density at radius 1 is 1.21 bits per heavy atom. The third kappa shape index (κ3) is 5.05. The van der Waals surface area contributed by atoms with Crippen LogP contribution in [0.1, 0.15) is 30.3 Å². The highest BCUT2D eigenvalue weighted by Crippen LogP contribution is 2.35. The largest absolute Gasteiger partial charge is 0.436 e. The van der Waals surface area contributed by atoms with Gasteiger partial charge in [-0.2, -0.15) is 28.5 Å². The fourth-order valence-electron chi connectivity index (χ4n) is 2.72. The number of halogens is 4. The van der Waals surface area contributed by atoms with E-state index in [0.29, 0.717) is 17.9 Å². The van der Waals surface area contributed by atoms with Gasteiger partial charge in [-0.15, -0.1) is 0 Å². The standard InChI is InChI=1S/C17H19BrF3N7O/c1-3-26-8-12(6-22-26)9-27-10-13(7-23-27)24-14(29)4-5-28-11(2)15(18)16(25-28)17(19,20)21/h6-8,10H,3-5,9H2,1-2H3,(H,24,29). The van der Waals surface area contributed by atoms with E-state index in [9.17, 15) is 18.0 Å². The Morgan fingerprint density at radius 2 is 1.93 bits per heavy atom. The summed E-state index contributed by atoms with van der Waals surface area (Å²) in [7, 11) is 0. The van der Waals surface area contributed by atoms with Gasteiger partial charge in [0.15, 0.2) is 5.69 Å². The van der Waals surface area contributed by atoms with Gasteiger partial charge in [0.1, 0.15) is 0 Å². The molecular weight excluding hydrogens is 455 g/mol. The number of aromatic nitrogens is 6. The Kier molecular flexibility index (Phi) is 6.10. The fourth-order valence-corrected chi connectivity index (χ4v) is 3.23. The van der Waals surface area contributed by atoms with E-state index in [0.717, 1.165) is 12.1 Å². The molecule has 8 nitrogen and oxygen atoms in total. The number of alkyl halides is 3. The first-order valence-corrected chi connectivity index (χ1v) is 9.60. The zero-order valence-corrected chi connectivity index (χ0v) is 17.3. The predicted molar refractivity (Wildman–Crippen MR) is 102 cm³/mol. The van der Waals surface area contributed by atoms with E-state index < -0.39 is 11.9 Å². The third-order valence-corrected chi connectivity index (χ3v) is 5.17. The number of aryl methyl sites for hydroxylation is 2. The Morgan fingerprint density at radius 3 is 2.55 bits per heavy atom. The molecule has 3 rings (SSSR count). The highest BCUT2D eigenvalue weighted by atomic mass is 79.9. The van der Waals surface area contributed by atoms with E-state index >= 15 is 0 Å². The van der Waals surface area contributed by atoms with E-state index in [4.69, 9.17) is 0 Å². The molecular formula is C17H19BrF3N7O. The molecule has 3 heterocycles. The second-order valence-electron chi connectivity index (χ2n) is 6.40. The number of anilines is 1. The van der Waals surface area contributed by atoms with Gasteiger partial charge in [-0.05, 0) is 29.8 Å². The Bertz CT molecular complexity index is 1010. The first kappa shape index (κ1) is 21.1. The van der Waals surface area contributed by atoms with Gasteiger partial charge in [0, 0.05) is 30.9 Å². The predicted octanol–water partition coefficient (Wildman–Crippen LogP) is 3.46. The summed E-state index contributed by atoms with van der Waals surface area (Å²) in [6.07, 6.45) is 2.28. The highest BCUT2D eigenvalue weighted by Gasteiger charge is 2.37. The van der Waals surface area contributed by atoms with Crippen LogP contribution in [0.3, 0.4) is 0 Å². The summed E-state index contributed by atoms with van der Waals surface area (Å²) < 4.78 is 43.3. The van der Waals surface area contributed by atoms with Gasteiger partial charge in [-0.3, -0.25) is 18.8 Å². The minimum absolute atomic E-state index is 0.0245. The van der Waals surface area contributed by atoms with E-state index in [1.807, 2.05) is 13.1 Å². The number of rotatable bonds is 7. The molecule has 1 N–H and O–H groups in total. The summed E-state index contributed by atoms with van der Waals surface area (Å²) in [6.45, 7) is 4.81. The van der Waals surface area contributed by atoms with E-state index in [1.165, 1.54) is 17.8 Å². The molecule has 3 aromatic rings. The van der Waals surface area contributed by atoms with Crippen LogP contribution in [-0.4, -0.2) is 35.2 Å². The van der Waals surface area contributed by atoms with Crippen LogP contribution in [0.25, 0.3) is 0 Å². The van der Waals surface area contributed by atoms with E-state index in [1.54, 1.807) is 21.8 Å². The van der Waals surface area contributed by atoms with Crippen LogP contribution in [0.15, 0.2) is 29.3 Å². The summed E-state index contributed by atoms with van der Waals surface area (Å²) in [4.78, 5) is 12.2. The van der Waals surface area contributed by atoms with Crippen molar-refractivity contribution in [1.82, 2.24) is 29.3 Å². The summed E-state index contributed by atoms with van der Waals surface area (Å²) in [5.74, 6) is -0.345. The zero-order valence-electron chi connectivity index (χ0n) is 15.7. The van der Waals surface area contributed by atoms with Crippen LogP contribution < -0.4 is 5.32 Å². The molecule has 0 saturated heterocycles. The monoisotopic (exact) mass is 473 g/mol. The van der Waals surface area contributed by atoms with Crippen LogP contribution >= 0.6 is 15.9 Å². The van der Waals surface area contributed by atoms with Crippen molar-refractivity contribution in [3.63, 3.8) is 0 Å². The number of nitrogens with one attached hydrogen (secondary N) is 1. The van der Waals surface area contributed by atoms with Gasteiger partial charge in [-0.1, -0.05) is 0 Å². The second kappa shape index (κ2) is 8.39. The van der Waals surface area contributed by atoms with Crippen molar-refractivity contribution in [3.8, 4) is 0 Å². The van der Waals surface area contributed by atoms with Crippen molar-refractivity contribution >= 4 is 27.5 Å². The molecule has 3 aromatic heterocycles. The quantitative estimate of drug-likeness (QED) is 0.569. The summed E-state index contributed by atoms with van der Waals surface area (Å²) in [6, 6.07) is 0. The molecule has 156 valence electrons. The summed E-state index contributed by atoms with van der Waals surface area (Å²) in [5.41, 5.74) is 0.800. The number of carbonyl (C=O) groups excluding carboxylic acids is 1. The number of amides is 1. The Hall–Kier alpha value is -2.63. The van der Waals surface area contributed by atoms with Crippen LogP contribution in [0.2, 0.25) is 0 Å². The lowest BCUT2D eigenvalue weighted by Gasteiger charge is -2.05. The minimum atomic E-state index is -4.56. The highest BCUT2D eigenvalue weighted by molar-refractivity contribution is 9.10. The molecule has 0 aliphatic carbocycles. The number of hydrogen-bond donors (Lipinski definition) is 1. The molecule has 0 atom stereocenters. The van der Waals surface area contributed by atoms with Gasteiger partial charge < -0.3 is 5.32 Å². The average molecular weight is 474 g/mol. The van der Waals surface area contributed by atoms with Gasteiger partial charge in [-0.25, -0.2) is 0 Å². The molecule has 29 heavy (non-hydrogen) atoms. The van der Waals surface area contributed by atoms with Gasteiger partial charge in [0.05, 0.1) is 41.3 Å². The number of carbonyl (C=O) groups is 1. The lowest BCUT2D eigenvalue weighted by atomic mass is 10.3. The molecule has 0 saturated carbocycles. The van der Waals surface area contributed by atoms with Crippen molar-refractivity contribution in [2.75, 3.05) is 5.32 Å². The van der Waals surface area contributed by atoms with Gasteiger partial charge in [0.25, 0.3) is 0 Å². The van der Waals surface area contributed by atoms with Crippen LogP contribution in [0.5, 0.6) is 0 Å². The van der Waals surface area contributed by atoms with Crippen LogP contribution in [-0.2, 0) is 30.6 Å². The van der Waals surface area contributed by atoms with E-state index in [2.05, 4.69) is 36.5 Å². The molecule has 0 aromatic carbocycles. The van der Waals surface area contributed by atoms with Crippen LogP contribution in [0.4, 0.5) is 18.9 Å². The molecule has 0 aliphatic heterocycles. The molecule has 12 heteroatoms. The number of nitrogens with zero attached hydrogens (tertiary/aromatic N) is 6. The second-order valence-corrected chi connectivity index (χ2v) is 7.19. The maximum Gasteiger partial charge on any atom is 0.436 e. The van der Waals surface area contributed by atoms with Crippen LogP contribution in [0, 0.1) is 6.92 Å². The topological polar surface area (TPSA) is 82.6 Å². The molecule has 1 amide bonds. The van der Waals surface area contributed by atoms with Gasteiger partial charge in [0.2, 0.25) is 5.91 Å². The fraction of sp³-hybridized carbons (Fsp3) is 0.412. The number of hydrogen-bond acceptors (Lipinski definition) is 4. The Labute approximate surface area is 172 Å². The maximum atomic E-state index is 12.9. The molecule has 0 radical (unpaired) electrons. The molecule has 0 fully saturated rings. The van der Waals surface area contributed by atoms with E-state index in [-0.39, 0.29) is 23.3 Å². The first-order valence-electron chi connectivity index (χ1n) is 8.81. The molecule has 0 spiro atoms. The Balaban J connectivity index is 1.56. The van der Waals surface area contributed by atoms with Crippen molar-refractivity contribution in [1.29, 1.82) is 0 Å². The van der Waals surface area contributed by atoms with Crippen molar-refractivity contribution in [2.45, 2.75) is 46.1 Å². The molecule has 0 bridgehead atoms. The average Bonchev–Trinajstić information content (AvgIpc) is 3.35. The molecule has 0 aliphatic rings. The van der Waals surface area contributed by atoms with Crippen molar-refractivity contribution in [3.05, 3.63) is 46.2 Å². The first-order chi connectivity index (χ1) is 13.7. The summed E-state index contributed by atoms with van der Waals surface area (Å²) in [5, 5.41) is 14.6. The SMILES string of the molecule is CCn1cc(Cn2cc(NC(=O)CCn3nc(C(F)(F)F)c(Br)c3C)cn2)cn1. The zero-order chi connectivity index (χ0) is 21.2. The minimum Gasteiger partial charge on any atom is -0.323 e.